The molecule has 0 N–H and O–H groups in total. The normalized spacial score (nSPS) is 11.0. The fourth-order valence-electron chi connectivity index (χ4n) is 0.985. The molecular weight excluding hydrogens is 134 g/mol. The van der Waals surface area contributed by atoms with Crippen LogP contribution >= 0.6 is 0 Å². The van der Waals surface area contributed by atoms with Crippen LogP contribution in [-0.2, 0) is 0 Å². The van der Waals surface area contributed by atoms with E-state index in [1.807, 2.05) is 19.1 Å². The first-order valence-electron chi connectivity index (χ1n) is 4.10. The van der Waals surface area contributed by atoms with Crippen LogP contribution in [0.3, 0.4) is 0 Å². The highest BCUT2D eigenvalue weighted by atomic mass is 15.1. The topological polar surface area (TPSA) is 3.24 Å². The Kier molecular flexibility index (Phi) is 4.67. The molecule has 1 heteroatoms. The summed E-state index contributed by atoms with van der Waals surface area (Å²) in [7, 11) is 2.07. The molecule has 1 nitrogen and oxygen atoms in total. The zero-order chi connectivity index (χ0) is 8.85. The number of nitrogens with zero attached hydrogens (tertiary/aromatic N) is 1. The molecule has 0 aromatic heterocycles. The van der Waals surface area contributed by atoms with Crippen LogP contribution in [0.15, 0.2) is 24.4 Å². The second-order valence-corrected chi connectivity index (χ2v) is 3.27. The van der Waals surface area contributed by atoms with Gasteiger partial charge in [0.1, 0.15) is 0 Å². The monoisotopic (exact) mass is 153 g/mol. The molecule has 0 saturated heterocycles. The van der Waals surface area contributed by atoms with Crippen molar-refractivity contribution >= 4 is 0 Å². The maximum atomic E-state index is 3.94. The average Bonchev–Trinajstić information content (AvgIpc) is 1.86. The molecule has 0 amide bonds. The zero-order valence-electron chi connectivity index (χ0n) is 8.09. The molecule has 0 unspecified atom stereocenters. The summed E-state index contributed by atoms with van der Waals surface area (Å²) in [6.07, 6.45) is 4.04. The molecule has 0 atom stereocenters. The van der Waals surface area contributed by atoms with Gasteiger partial charge in [0.05, 0.1) is 0 Å². The standard InChI is InChI=1S/C10H19N/c1-6-7-10(4)11(5)8-9(2)3/h6-7,9H,4,8H2,1-3,5H3. The second-order valence-electron chi connectivity index (χ2n) is 3.27. The van der Waals surface area contributed by atoms with E-state index in [9.17, 15) is 0 Å². The van der Waals surface area contributed by atoms with Gasteiger partial charge in [0.25, 0.3) is 0 Å². The van der Waals surface area contributed by atoms with E-state index in [0.29, 0.717) is 5.92 Å². The molecule has 0 aliphatic rings. The van der Waals surface area contributed by atoms with Gasteiger partial charge in [-0.25, -0.2) is 0 Å². The molecule has 64 valence electrons. The van der Waals surface area contributed by atoms with Crippen molar-refractivity contribution in [1.82, 2.24) is 4.90 Å². The predicted octanol–water partition coefficient (Wildman–Crippen LogP) is 2.66. The van der Waals surface area contributed by atoms with Crippen molar-refractivity contribution < 1.29 is 0 Å². The Bertz CT molecular complexity index is 145. The number of hydrogen-bond acceptors (Lipinski definition) is 1. The molecule has 0 fully saturated rings. The lowest BCUT2D eigenvalue weighted by Gasteiger charge is -2.21. The molecule has 0 heterocycles. The van der Waals surface area contributed by atoms with E-state index in [1.54, 1.807) is 0 Å². The Hall–Kier alpha value is -0.720. The van der Waals surface area contributed by atoms with Gasteiger partial charge in [-0.3, -0.25) is 0 Å². The van der Waals surface area contributed by atoms with Gasteiger partial charge in [0.2, 0.25) is 0 Å². The Morgan fingerprint density at radius 1 is 1.55 bits per heavy atom. The first-order valence-corrected chi connectivity index (χ1v) is 4.10. The van der Waals surface area contributed by atoms with E-state index < -0.39 is 0 Å². The molecule has 0 aromatic rings. The van der Waals surface area contributed by atoms with Gasteiger partial charge < -0.3 is 4.90 Å². The predicted molar refractivity (Wildman–Crippen MR) is 51.4 cm³/mol. The Morgan fingerprint density at radius 2 is 2.09 bits per heavy atom. The molecule has 0 aliphatic carbocycles. The lowest BCUT2D eigenvalue weighted by molar-refractivity contribution is 0.372. The van der Waals surface area contributed by atoms with Crippen molar-refractivity contribution in [2.45, 2.75) is 20.8 Å². The van der Waals surface area contributed by atoms with Crippen LogP contribution in [0, 0.1) is 5.92 Å². The molecule has 0 saturated carbocycles. The van der Waals surface area contributed by atoms with Gasteiger partial charge >= 0.3 is 0 Å². The van der Waals surface area contributed by atoms with E-state index >= 15 is 0 Å². The minimum Gasteiger partial charge on any atom is -0.375 e. The molecule has 0 radical (unpaired) electrons. The second kappa shape index (κ2) is 5.00. The largest absolute Gasteiger partial charge is 0.375 e. The summed E-state index contributed by atoms with van der Waals surface area (Å²) in [4.78, 5) is 2.17. The summed E-state index contributed by atoms with van der Waals surface area (Å²) in [5, 5.41) is 0. The van der Waals surface area contributed by atoms with Crippen LogP contribution in [0.5, 0.6) is 0 Å². The molecule has 0 aromatic carbocycles. The maximum absolute atomic E-state index is 3.94. The summed E-state index contributed by atoms with van der Waals surface area (Å²) in [5.41, 5.74) is 1.08. The minimum atomic E-state index is 0.696. The lowest BCUT2D eigenvalue weighted by atomic mass is 10.2. The van der Waals surface area contributed by atoms with Gasteiger partial charge in [-0.2, -0.15) is 0 Å². The average molecular weight is 153 g/mol. The van der Waals surface area contributed by atoms with E-state index in [1.165, 1.54) is 0 Å². The van der Waals surface area contributed by atoms with E-state index in [4.69, 9.17) is 0 Å². The molecule has 0 aliphatic heterocycles. The molecular formula is C10H19N. The van der Waals surface area contributed by atoms with E-state index in [2.05, 4.69) is 32.4 Å². The summed E-state index contributed by atoms with van der Waals surface area (Å²) >= 11 is 0. The first kappa shape index (κ1) is 10.3. The van der Waals surface area contributed by atoms with Gasteiger partial charge in [-0.15, -0.1) is 0 Å². The third kappa shape index (κ3) is 4.65. The van der Waals surface area contributed by atoms with E-state index in [0.717, 1.165) is 12.2 Å². The highest BCUT2D eigenvalue weighted by molar-refractivity contribution is 5.11. The summed E-state index contributed by atoms with van der Waals surface area (Å²) in [5.74, 6) is 0.696. The van der Waals surface area contributed by atoms with Crippen LogP contribution in [0.2, 0.25) is 0 Å². The number of allylic oxidation sites excluding steroid dienone is 2. The van der Waals surface area contributed by atoms with Crippen molar-refractivity contribution in [2.24, 2.45) is 5.92 Å². The highest BCUT2D eigenvalue weighted by Gasteiger charge is 2.00. The van der Waals surface area contributed by atoms with Crippen molar-refractivity contribution in [3.63, 3.8) is 0 Å². The van der Waals surface area contributed by atoms with E-state index in [-0.39, 0.29) is 0 Å². The Balaban J connectivity index is 3.83. The number of likely N-dealkylation sites (N-methyl/N-ethyl adjacent to an activating group) is 1. The minimum absolute atomic E-state index is 0.696. The summed E-state index contributed by atoms with van der Waals surface area (Å²) < 4.78 is 0. The fourth-order valence-corrected chi connectivity index (χ4v) is 0.985. The van der Waals surface area contributed by atoms with Crippen molar-refractivity contribution in [1.29, 1.82) is 0 Å². The van der Waals surface area contributed by atoms with Crippen LogP contribution < -0.4 is 0 Å². The SMILES string of the molecule is C=C(C=CC)N(C)CC(C)C. The zero-order valence-corrected chi connectivity index (χ0v) is 8.09. The number of rotatable bonds is 4. The third-order valence-electron chi connectivity index (χ3n) is 1.49. The van der Waals surface area contributed by atoms with Crippen molar-refractivity contribution in [2.75, 3.05) is 13.6 Å². The number of hydrogen-bond donors (Lipinski definition) is 0. The smallest absolute Gasteiger partial charge is 0.0287 e. The molecule has 0 bridgehead atoms. The van der Waals surface area contributed by atoms with Crippen molar-refractivity contribution in [3.8, 4) is 0 Å². The fraction of sp³-hybridized carbons (Fsp3) is 0.600. The maximum Gasteiger partial charge on any atom is 0.0287 e. The summed E-state index contributed by atoms with van der Waals surface area (Å²) in [6.45, 7) is 11.4. The van der Waals surface area contributed by atoms with Crippen LogP contribution in [0.1, 0.15) is 20.8 Å². The van der Waals surface area contributed by atoms with Gasteiger partial charge in [0, 0.05) is 19.3 Å². The van der Waals surface area contributed by atoms with Crippen LogP contribution in [0.4, 0.5) is 0 Å². The van der Waals surface area contributed by atoms with Gasteiger partial charge in [-0.1, -0.05) is 26.5 Å². The van der Waals surface area contributed by atoms with Crippen LogP contribution in [-0.4, -0.2) is 18.5 Å². The Labute approximate surface area is 70.4 Å². The third-order valence-corrected chi connectivity index (χ3v) is 1.49. The first-order chi connectivity index (χ1) is 5.07. The molecule has 0 spiro atoms. The molecule has 11 heavy (non-hydrogen) atoms. The highest BCUT2D eigenvalue weighted by Crippen LogP contribution is 2.03. The molecule has 0 rings (SSSR count). The van der Waals surface area contributed by atoms with Gasteiger partial charge in [0.15, 0.2) is 0 Å². The summed E-state index contributed by atoms with van der Waals surface area (Å²) in [6, 6.07) is 0. The Morgan fingerprint density at radius 3 is 2.45 bits per heavy atom. The quantitative estimate of drug-likeness (QED) is 0.561. The van der Waals surface area contributed by atoms with Crippen molar-refractivity contribution in [3.05, 3.63) is 24.4 Å². The lowest BCUT2D eigenvalue weighted by Crippen LogP contribution is -2.20. The van der Waals surface area contributed by atoms with Gasteiger partial charge in [-0.05, 0) is 18.9 Å². The van der Waals surface area contributed by atoms with Crippen LogP contribution in [0.25, 0.3) is 0 Å².